The molecule has 0 aliphatic carbocycles. The van der Waals surface area contributed by atoms with Crippen molar-refractivity contribution in [3.05, 3.63) is 57.3 Å². The molecule has 0 radical (unpaired) electrons. The Hall–Kier alpha value is -1.26. The van der Waals surface area contributed by atoms with Crippen LogP contribution in [0.15, 0.2) is 29.6 Å². The van der Waals surface area contributed by atoms with Gasteiger partial charge in [-0.2, -0.15) is 0 Å². The van der Waals surface area contributed by atoms with Gasteiger partial charge in [-0.15, -0.1) is 11.3 Å². The third-order valence-electron chi connectivity index (χ3n) is 2.81. The highest BCUT2D eigenvalue weighted by Gasteiger charge is 2.28. The summed E-state index contributed by atoms with van der Waals surface area (Å²) in [5.74, 6) is -1.37. The number of halogens is 2. The van der Waals surface area contributed by atoms with E-state index >= 15 is 0 Å². The molecule has 0 fully saturated rings. The monoisotopic (exact) mass is 254 g/mol. The second-order valence-corrected chi connectivity index (χ2v) is 5.24. The van der Waals surface area contributed by atoms with Gasteiger partial charge in [-0.3, -0.25) is 0 Å². The summed E-state index contributed by atoms with van der Waals surface area (Å²) in [6.07, 6.45) is 0. The third-order valence-corrected chi connectivity index (χ3v) is 3.65. The summed E-state index contributed by atoms with van der Waals surface area (Å²) in [6, 6.07) is 4.86. The molecule has 0 bridgehead atoms. The second kappa shape index (κ2) is 4.20. The quantitative estimate of drug-likeness (QED) is 0.868. The van der Waals surface area contributed by atoms with Gasteiger partial charge in [0.05, 0.1) is 0 Å². The van der Waals surface area contributed by atoms with Gasteiger partial charge in [-0.1, -0.05) is 0 Å². The van der Waals surface area contributed by atoms with Crippen LogP contribution < -0.4 is 0 Å². The molecule has 1 nitrogen and oxygen atoms in total. The molecule has 1 unspecified atom stereocenters. The van der Waals surface area contributed by atoms with Crippen molar-refractivity contribution >= 4 is 11.3 Å². The first-order chi connectivity index (χ1) is 7.91. The minimum Gasteiger partial charge on any atom is -0.381 e. The highest BCUT2D eigenvalue weighted by molar-refractivity contribution is 7.10. The zero-order chi connectivity index (χ0) is 12.6. The fourth-order valence-electron chi connectivity index (χ4n) is 1.88. The first-order valence-electron chi connectivity index (χ1n) is 5.15. The van der Waals surface area contributed by atoms with Crippen molar-refractivity contribution in [2.45, 2.75) is 19.4 Å². The molecule has 0 saturated carbocycles. The molecule has 90 valence electrons. The molecule has 2 rings (SSSR count). The van der Waals surface area contributed by atoms with E-state index in [-0.39, 0.29) is 5.56 Å². The van der Waals surface area contributed by atoms with Crippen LogP contribution in [0.5, 0.6) is 0 Å². The van der Waals surface area contributed by atoms with Gasteiger partial charge in [-0.25, -0.2) is 8.78 Å². The summed E-state index contributed by atoms with van der Waals surface area (Å²) in [5.41, 5.74) is -0.489. The van der Waals surface area contributed by atoms with Crippen LogP contribution in [0.25, 0.3) is 0 Å². The van der Waals surface area contributed by atoms with Gasteiger partial charge >= 0.3 is 0 Å². The Labute approximate surface area is 102 Å². The van der Waals surface area contributed by atoms with Crippen LogP contribution in [0.1, 0.15) is 22.9 Å². The van der Waals surface area contributed by atoms with E-state index in [2.05, 4.69) is 0 Å². The topological polar surface area (TPSA) is 20.2 Å². The molecule has 0 saturated heterocycles. The lowest BCUT2D eigenvalue weighted by Crippen LogP contribution is -2.23. The third kappa shape index (κ3) is 2.23. The SMILES string of the molecule is Cc1sccc1C(C)(O)c1cc(F)cc(F)c1. The lowest BCUT2D eigenvalue weighted by atomic mass is 9.88. The predicted octanol–water partition coefficient (Wildman–Crippen LogP) is 3.59. The smallest absolute Gasteiger partial charge is 0.126 e. The van der Waals surface area contributed by atoms with Crippen molar-refractivity contribution in [3.8, 4) is 0 Å². The molecule has 1 atom stereocenters. The van der Waals surface area contributed by atoms with E-state index in [1.54, 1.807) is 6.07 Å². The number of rotatable bonds is 2. The second-order valence-electron chi connectivity index (χ2n) is 4.12. The zero-order valence-corrected chi connectivity index (χ0v) is 10.3. The van der Waals surface area contributed by atoms with Crippen LogP contribution in [0.3, 0.4) is 0 Å². The highest BCUT2D eigenvalue weighted by Crippen LogP contribution is 2.34. The van der Waals surface area contributed by atoms with E-state index in [1.807, 2.05) is 12.3 Å². The Morgan fingerprint density at radius 2 is 1.76 bits per heavy atom. The molecule has 1 heterocycles. The van der Waals surface area contributed by atoms with Crippen molar-refractivity contribution in [1.29, 1.82) is 0 Å². The van der Waals surface area contributed by atoms with Gasteiger partial charge < -0.3 is 5.11 Å². The Morgan fingerprint density at radius 1 is 1.18 bits per heavy atom. The van der Waals surface area contributed by atoms with E-state index in [4.69, 9.17) is 0 Å². The van der Waals surface area contributed by atoms with E-state index in [0.29, 0.717) is 5.56 Å². The lowest BCUT2D eigenvalue weighted by molar-refractivity contribution is 0.101. The molecule has 0 amide bonds. The average Bonchev–Trinajstić information content (AvgIpc) is 2.63. The van der Waals surface area contributed by atoms with E-state index in [9.17, 15) is 13.9 Å². The molecule has 1 N–H and O–H groups in total. The summed E-state index contributed by atoms with van der Waals surface area (Å²) in [5, 5.41) is 12.3. The molecule has 4 heteroatoms. The van der Waals surface area contributed by atoms with Gasteiger partial charge in [0, 0.05) is 16.5 Å². The predicted molar refractivity (Wildman–Crippen MR) is 64.1 cm³/mol. The van der Waals surface area contributed by atoms with E-state index in [0.717, 1.165) is 23.1 Å². The largest absolute Gasteiger partial charge is 0.381 e. The standard InChI is InChI=1S/C13H12F2OS/c1-8-12(3-4-17-8)13(2,16)9-5-10(14)7-11(15)6-9/h3-7,16H,1-2H3. The van der Waals surface area contributed by atoms with E-state index < -0.39 is 17.2 Å². The molecule has 1 aromatic carbocycles. The number of aliphatic hydroxyl groups is 1. The molecule has 17 heavy (non-hydrogen) atoms. The fraction of sp³-hybridized carbons (Fsp3) is 0.231. The first-order valence-corrected chi connectivity index (χ1v) is 6.03. The maximum Gasteiger partial charge on any atom is 0.126 e. The Bertz CT molecular complexity index is 526. The van der Waals surface area contributed by atoms with Crippen molar-refractivity contribution in [2.24, 2.45) is 0 Å². The summed E-state index contributed by atoms with van der Waals surface area (Å²) in [4.78, 5) is 0.930. The lowest BCUT2D eigenvalue weighted by Gasteiger charge is -2.24. The minimum atomic E-state index is -1.38. The fourth-order valence-corrected chi connectivity index (χ4v) is 2.68. The van der Waals surface area contributed by atoms with Crippen LogP contribution in [0.4, 0.5) is 8.78 Å². The number of benzene rings is 1. The molecule has 2 aromatic rings. The van der Waals surface area contributed by atoms with Crippen LogP contribution >= 0.6 is 11.3 Å². The maximum absolute atomic E-state index is 13.2. The number of aryl methyl sites for hydroxylation is 1. The normalized spacial score (nSPS) is 14.6. The Balaban J connectivity index is 2.55. The minimum absolute atomic E-state index is 0.219. The number of hydrogen-bond acceptors (Lipinski definition) is 2. The van der Waals surface area contributed by atoms with Crippen LogP contribution in [-0.4, -0.2) is 5.11 Å². The van der Waals surface area contributed by atoms with Crippen LogP contribution in [0.2, 0.25) is 0 Å². The molecule has 1 aromatic heterocycles. The van der Waals surface area contributed by atoms with Gasteiger partial charge in [-0.05, 0) is 43.0 Å². The molecular weight excluding hydrogens is 242 g/mol. The van der Waals surface area contributed by atoms with Crippen molar-refractivity contribution in [2.75, 3.05) is 0 Å². The van der Waals surface area contributed by atoms with Gasteiger partial charge in [0.15, 0.2) is 0 Å². The van der Waals surface area contributed by atoms with Crippen molar-refractivity contribution in [1.82, 2.24) is 0 Å². The van der Waals surface area contributed by atoms with Crippen LogP contribution in [0, 0.1) is 18.6 Å². The van der Waals surface area contributed by atoms with Crippen LogP contribution in [-0.2, 0) is 5.60 Å². The summed E-state index contributed by atoms with van der Waals surface area (Å²) in [7, 11) is 0. The van der Waals surface area contributed by atoms with Crippen molar-refractivity contribution < 1.29 is 13.9 Å². The van der Waals surface area contributed by atoms with Gasteiger partial charge in [0.2, 0.25) is 0 Å². The molecule has 0 spiro atoms. The van der Waals surface area contributed by atoms with Gasteiger partial charge in [0.25, 0.3) is 0 Å². The molecule has 0 aliphatic heterocycles. The summed E-state index contributed by atoms with van der Waals surface area (Å²) in [6.45, 7) is 3.40. The zero-order valence-electron chi connectivity index (χ0n) is 9.50. The highest BCUT2D eigenvalue weighted by atomic mass is 32.1. The Kier molecular flexibility index (Phi) is 3.02. The van der Waals surface area contributed by atoms with E-state index in [1.165, 1.54) is 18.3 Å². The number of hydrogen-bond donors (Lipinski definition) is 1. The summed E-state index contributed by atoms with van der Waals surface area (Å²) >= 11 is 1.49. The molecular formula is C13H12F2OS. The average molecular weight is 254 g/mol. The summed E-state index contributed by atoms with van der Waals surface area (Å²) < 4.78 is 26.3. The van der Waals surface area contributed by atoms with Crippen molar-refractivity contribution in [3.63, 3.8) is 0 Å². The maximum atomic E-state index is 13.2. The molecule has 0 aliphatic rings. The first kappa shape index (κ1) is 12.2. The number of thiophene rings is 1. The Morgan fingerprint density at radius 3 is 2.24 bits per heavy atom. The van der Waals surface area contributed by atoms with Gasteiger partial charge in [0.1, 0.15) is 17.2 Å².